The highest BCUT2D eigenvalue weighted by Gasteiger charge is 2.21. The first-order chi connectivity index (χ1) is 9.23. The average molecular weight is 270 g/mol. The predicted octanol–water partition coefficient (Wildman–Crippen LogP) is 1.25. The Kier molecular flexibility index (Phi) is 6.41. The summed E-state index contributed by atoms with van der Waals surface area (Å²) in [5.41, 5.74) is 3.57. The molecule has 0 spiro atoms. The van der Waals surface area contributed by atoms with Gasteiger partial charge in [-0.05, 0) is 19.1 Å². The van der Waals surface area contributed by atoms with E-state index in [1.807, 2.05) is 19.1 Å². The summed E-state index contributed by atoms with van der Waals surface area (Å²) < 4.78 is 21.4. The van der Waals surface area contributed by atoms with Crippen LogP contribution in [-0.2, 0) is 4.74 Å². The molecule has 0 radical (unpaired) electrons. The number of rotatable bonds is 8. The van der Waals surface area contributed by atoms with E-state index in [2.05, 4.69) is 5.43 Å². The van der Waals surface area contributed by atoms with Gasteiger partial charge in [0.1, 0.15) is 0 Å². The minimum Gasteiger partial charge on any atom is -0.493 e. The summed E-state index contributed by atoms with van der Waals surface area (Å²) in [5, 5.41) is 0. The molecule has 0 aliphatic heterocycles. The normalized spacial score (nSPS) is 12.1. The lowest BCUT2D eigenvalue weighted by Crippen LogP contribution is -2.31. The first-order valence-corrected chi connectivity index (χ1v) is 6.06. The van der Waals surface area contributed by atoms with Crippen molar-refractivity contribution in [2.45, 2.75) is 13.0 Å². The van der Waals surface area contributed by atoms with Crippen LogP contribution in [0, 0.1) is 0 Å². The smallest absolute Gasteiger partial charge is 0.203 e. The highest BCUT2D eigenvalue weighted by molar-refractivity contribution is 5.56. The average Bonchev–Trinajstić information content (AvgIpc) is 2.46. The van der Waals surface area contributed by atoms with Gasteiger partial charge in [-0.15, -0.1) is 0 Å². The van der Waals surface area contributed by atoms with Gasteiger partial charge in [0.15, 0.2) is 11.5 Å². The molecule has 1 atom stereocenters. The molecule has 1 unspecified atom stereocenters. The Morgan fingerprint density at radius 2 is 1.79 bits per heavy atom. The van der Waals surface area contributed by atoms with Crippen molar-refractivity contribution in [3.63, 3.8) is 0 Å². The molecule has 6 nitrogen and oxygen atoms in total. The van der Waals surface area contributed by atoms with Gasteiger partial charge >= 0.3 is 0 Å². The molecule has 0 aromatic heterocycles. The molecular formula is C13H22N2O4. The van der Waals surface area contributed by atoms with Crippen LogP contribution in [0.4, 0.5) is 0 Å². The Bertz CT molecular complexity index is 398. The third-order valence-electron chi connectivity index (χ3n) is 2.80. The maximum atomic E-state index is 5.57. The summed E-state index contributed by atoms with van der Waals surface area (Å²) in [5.74, 6) is 7.31. The van der Waals surface area contributed by atoms with Crippen LogP contribution < -0.4 is 25.5 Å². The zero-order valence-electron chi connectivity index (χ0n) is 11.9. The zero-order valence-corrected chi connectivity index (χ0v) is 11.9. The number of methoxy groups -OCH3 is 3. The number of benzene rings is 1. The van der Waals surface area contributed by atoms with Crippen molar-refractivity contribution in [2.75, 3.05) is 34.5 Å². The van der Waals surface area contributed by atoms with E-state index >= 15 is 0 Å². The van der Waals surface area contributed by atoms with Gasteiger partial charge in [0.25, 0.3) is 0 Å². The molecule has 1 aromatic rings. The van der Waals surface area contributed by atoms with Crippen molar-refractivity contribution in [2.24, 2.45) is 5.84 Å². The van der Waals surface area contributed by atoms with Crippen LogP contribution in [0.15, 0.2) is 12.1 Å². The molecule has 1 aromatic carbocycles. The van der Waals surface area contributed by atoms with E-state index in [0.717, 1.165) is 5.56 Å². The molecule has 108 valence electrons. The van der Waals surface area contributed by atoms with Crippen molar-refractivity contribution in [1.29, 1.82) is 0 Å². The van der Waals surface area contributed by atoms with E-state index in [-0.39, 0.29) is 6.04 Å². The van der Waals surface area contributed by atoms with E-state index in [4.69, 9.17) is 24.8 Å². The van der Waals surface area contributed by atoms with Gasteiger partial charge < -0.3 is 18.9 Å². The van der Waals surface area contributed by atoms with Crippen molar-refractivity contribution in [3.05, 3.63) is 17.7 Å². The molecule has 0 heterocycles. The molecular weight excluding hydrogens is 248 g/mol. The van der Waals surface area contributed by atoms with Crippen LogP contribution in [0.5, 0.6) is 17.2 Å². The number of ether oxygens (including phenoxy) is 4. The van der Waals surface area contributed by atoms with Crippen LogP contribution in [0.2, 0.25) is 0 Å². The number of hydrazine groups is 1. The second kappa shape index (κ2) is 7.83. The standard InChI is InChI=1S/C13H22N2O4/c1-5-19-8-10(15-14)9-6-7-11(16-2)13(18-4)12(9)17-3/h6-7,10,15H,5,8,14H2,1-4H3. The van der Waals surface area contributed by atoms with E-state index in [0.29, 0.717) is 30.5 Å². The molecule has 1 rings (SSSR count). The Labute approximate surface area is 113 Å². The van der Waals surface area contributed by atoms with Gasteiger partial charge in [0.2, 0.25) is 5.75 Å². The van der Waals surface area contributed by atoms with Crippen LogP contribution >= 0.6 is 0 Å². The van der Waals surface area contributed by atoms with E-state index in [1.54, 1.807) is 21.3 Å². The van der Waals surface area contributed by atoms with Crippen LogP contribution in [-0.4, -0.2) is 34.5 Å². The highest BCUT2D eigenvalue weighted by atomic mass is 16.5. The second-order valence-corrected chi connectivity index (χ2v) is 3.80. The minimum atomic E-state index is -0.185. The van der Waals surface area contributed by atoms with Gasteiger partial charge in [0.05, 0.1) is 34.0 Å². The monoisotopic (exact) mass is 270 g/mol. The number of hydrogen-bond donors (Lipinski definition) is 2. The lowest BCUT2D eigenvalue weighted by Gasteiger charge is -2.21. The Morgan fingerprint density at radius 3 is 2.26 bits per heavy atom. The zero-order chi connectivity index (χ0) is 14.3. The van der Waals surface area contributed by atoms with E-state index < -0.39 is 0 Å². The number of nitrogens with one attached hydrogen (secondary N) is 1. The highest BCUT2D eigenvalue weighted by Crippen LogP contribution is 2.41. The largest absolute Gasteiger partial charge is 0.493 e. The summed E-state index contributed by atoms with van der Waals surface area (Å²) in [6.45, 7) is 2.99. The van der Waals surface area contributed by atoms with Crippen LogP contribution in [0.25, 0.3) is 0 Å². The van der Waals surface area contributed by atoms with Gasteiger partial charge in [-0.2, -0.15) is 0 Å². The third kappa shape index (κ3) is 3.50. The van der Waals surface area contributed by atoms with Crippen LogP contribution in [0.1, 0.15) is 18.5 Å². The Morgan fingerprint density at radius 1 is 1.11 bits per heavy atom. The second-order valence-electron chi connectivity index (χ2n) is 3.80. The fraction of sp³-hybridized carbons (Fsp3) is 0.538. The molecule has 6 heteroatoms. The lowest BCUT2D eigenvalue weighted by molar-refractivity contribution is 0.122. The Hall–Kier alpha value is -1.50. The molecule has 0 bridgehead atoms. The summed E-state index contributed by atoms with van der Waals surface area (Å²) in [6.07, 6.45) is 0. The van der Waals surface area contributed by atoms with Gasteiger partial charge in [0, 0.05) is 12.2 Å². The summed E-state index contributed by atoms with van der Waals surface area (Å²) in [4.78, 5) is 0. The first kappa shape index (κ1) is 15.6. The predicted molar refractivity (Wildman–Crippen MR) is 72.7 cm³/mol. The molecule has 19 heavy (non-hydrogen) atoms. The molecule has 0 fully saturated rings. The van der Waals surface area contributed by atoms with Crippen LogP contribution in [0.3, 0.4) is 0 Å². The maximum absolute atomic E-state index is 5.57. The molecule has 0 aliphatic carbocycles. The number of nitrogens with two attached hydrogens (primary N) is 1. The Balaban J connectivity index is 3.18. The fourth-order valence-corrected chi connectivity index (χ4v) is 1.86. The van der Waals surface area contributed by atoms with Gasteiger partial charge in [-0.1, -0.05) is 0 Å². The maximum Gasteiger partial charge on any atom is 0.203 e. The van der Waals surface area contributed by atoms with Crippen molar-refractivity contribution in [1.82, 2.24) is 5.43 Å². The lowest BCUT2D eigenvalue weighted by atomic mass is 10.1. The van der Waals surface area contributed by atoms with Crippen molar-refractivity contribution in [3.8, 4) is 17.2 Å². The molecule has 3 N–H and O–H groups in total. The quantitative estimate of drug-likeness (QED) is 0.547. The summed E-state index contributed by atoms with van der Waals surface area (Å²) in [6, 6.07) is 3.51. The third-order valence-corrected chi connectivity index (χ3v) is 2.80. The summed E-state index contributed by atoms with van der Waals surface area (Å²) >= 11 is 0. The van der Waals surface area contributed by atoms with Crippen molar-refractivity contribution >= 4 is 0 Å². The summed E-state index contributed by atoms with van der Waals surface area (Å²) in [7, 11) is 4.72. The first-order valence-electron chi connectivity index (χ1n) is 6.06. The van der Waals surface area contributed by atoms with E-state index in [1.165, 1.54) is 0 Å². The van der Waals surface area contributed by atoms with Gasteiger partial charge in [-0.25, -0.2) is 0 Å². The number of hydrogen-bond acceptors (Lipinski definition) is 6. The molecule has 0 saturated heterocycles. The minimum absolute atomic E-state index is 0.185. The van der Waals surface area contributed by atoms with Gasteiger partial charge in [-0.3, -0.25) is 11.3 Å². The molecule has 0 aliphatic rings. The molecule has 0 amide bonds. The fourth-order valence-electron chi connectivity index (χ4n) is 1.86. The molecule has 0 saturated carbocycles. The topological polar surface area (TPSA) is 75.0 Å². The van der Waals surface area contributed by atoms with E-state index in [9.17, 15) is 0 Å². The van der Waals surface area contributed by atoms with Crippen molar-refractivity contribution < 1.29 is 18.9 Å². The SMILES string of the molecule is CCOCC(NN)c1ccc(OC)c(OC)c1OC.